The van der Waals surface area contributed by atoms with Crippen LogP contribution in [0.25, 0.3) is 0 Å². The number of benzene rings is 1. The summed E-state index contributed by atoms with van der Waals surface area (Å²) in [7, 11) is -3.50. The van der Waals surface area contributed by atoms with Gasteiger partial charge in [-0.1, -0.05) is 6.92 Å². The van der Waals surface area contributed by atoms with Crippen molar-refractivity contribution < 1.29 is 8.42 Å². The predicted octanol–water partition coefficient (Wildman–Crippen LogP) is 1.46. The topological polar surface area (TPSA) is 113 Å². The van der Waals surface area contributed by atoms with Gasteiger partial charge in [0.1, 0.15) is 0 Å². The van der Waals surface area contributed by atoms with E-state index in [0.29, 0.717) is 17.9 Å². The smallest absolute Gasteiger partial charge is 0.240 e. The molecule has 1 aromatic heterocycles. The van der Waals surface area contributed by atoms with Crippen LogP contribution in [0.5, 0.6) is 0 Å². The molecule has 0 amide bonds. The van der Waals surface area contributed by atoms with Crippen LogP contribution in [-0.2, 0) is 10.0 Å². The molecule has 0 spiro atoms. The molecule has 114 valence electrons. The molecule has 0 radical (unpaired) electrons. The summed E-state index contributed by atoms with van der Waals surface area (Å²) >= 11 is 0. The fourth-order valence-electron chi connectivity index (χ4n) is 1.92. The number of hydrogen-bond donors (Lipinski definition) is 4. The third-order valence-corrected chi connectivity index (χ3v) is 4.60. The van der Waals surface area contributed by atoms with Crippen LogP contribution in [0.15, 0.2) is 35.5 Å². The summed E-state index contributed by atoms with van der Waals surface area (Å²) in [5.74, 6) is 0. The maximum absolute atomic E-state index is 12.0. The van der Waals surface area contributed by atoms with Crippen molar-refractivity contribution in [3.05, 3.63) is 36.2 Å². The van der Waals surface area contributed by atoms with Gasteiger partial charge in [0, 0.05) is 18.3 Å². The molecule has 0 bridgehead atoms. The number of aromatic amines is 1. The van der Waals surface area contributed by atoms with Crippen LogP contribution in [0.2, 0.25) is 0 Å². The van der Waals surface area contributed by atoms with Crippen LogP contribution in [0.3, 0.4) is 0 Å². The molecule has 0 aliphatic heterocycles. The fourth-order valence-corrected chi connectivity index (χ4v) is 2.98. The van der Waals surface area contributed by atoms with Crippen LogP contribution in [0, 0.1) is 0 Å². The molecule has 2 aromatic rings. The number of H-pyrrole nitrogens is 1. The highest BCUT2D eigenvalue weighted by Gasteiger charge is 2.15. The van der Waals surface area contributed by atoms with E-state index in [1.54, 1.807) is 25.4 Å². The van der Waals surface area contributed by atoms with Crippen molar-refractivity contribution in [3.8, 4) is 0 Å². The molecule has 0 saturated heterocycles. The van der Waals surface area contributed by atoms with E-state index in [4.69, 9.17) is 5.73 Å². The van der Waals surface area contributed by atoms with E-state index in [0.717, 1.165) is 5.56 Å². The number of rotatable bonds is 6. The highest BCUT2D eigenvalue weighted by Crippen LogP contribution is 2.26. The van der Waals surface area contributed by atoms with Gasteiger partial charge in [-0.25, -0.2) is 13.1 Å². The van der Waals surface area contributed by atoms with E-state index < -0.39 is 10.0 Å². The first-order chi connectivity index (χ1) is 9.94. The zero-order valence-electron chi connectivity index (χ0n) is 11.9. The summed E-state index contributed by atoms with van der Waals surface area (Å²) < 4.78 is 26.5. The van der Waals surface area contributed by atoms with Crippen LogP contribution in [-0.4, -0.2) is 25.2 Å². The first kappa shape index (κ1) is 15.3. The van der Waals surface area contributed by atoms with Crippen LogP contribution < -0.4 is 15.8 Å². The number of hydrogen-bond acceptors (Lipinski definition) is 5. The first-order valence-corrected chi connectivity index (χ1v) is 8.06. The summed E-state index contributed by atoms with van der Waals surface area (Å²) in [4.78, 5) is 0.181. The van der Waals surface area contributed by atoms with Crippen LogP contribution in [0.1, 0.15) is 25.5 Å². The molecule has 0 saturated carbocycles. The molecular formula is C13H19N5O2S. The highest BCUT2D eigenvalue weighted by molar-refractivity contribution is 7.89. The SMILES string of the molecule is CCNS(=O)(=O)c1ccc(N)c(NC(C)c2cn[nH]c2)c1. The molecule has 1 aromatic carbocycles. The van der Waals surface area contributed by atoms with Gasteiger partial charge in [0.2, 0.25) is 10.0 Å². The van der Waals surface area contributed by atoms with Crippen molar-refractivity contribution in [2.45, 2.75) is 24.8 Å². The number of nitrogen functional groups attached to an aromatic ring is 1. The Morgan fingerprint density at radius 3 is 2.81 bits per heavy atom. The lowest BCUT2D eigenvalue weighted by atomic mass is 10.1. The fraction of sp³-hybridized carbons (Fsp3) is 0.308. The molecule has 8 heteroatoms. The third kappa shape index (κ3) is 3.53. The number of nitrogens with two attached hydrogens (primary N) is 1. The van der Waals surface area contributed by atoms with E-state index in [1.165, 1.54) is 12.1 Å². The maximum Gasteiger partial charge on any atom is 0.240 e. The summed E-state index contributed by atoms with van der Waals surface area (Å²) in [6.07, 6.45) is 3.47. The maximum atomic E-state index is 12.0. The Morgan fingerprint density at radius 1 is 1.43 bits per heavy atom. The lowest BCUT2D eigenvalue weighted by Gasteiger charge is -2.16. The molecule has 1 heterocycles. The molecule has 1 atom stereocenters. The Labute approximate surface area is 124 Å². The van der Waals surface area contributed by atoms with Gasteiger partial charge >= 0.3 is 0 Å². The lowest BCUT2D eigenvalue weighted by molar-refractivity contribution is 0.584. The minimum absolute atomic E-state index is 0.0526. The first-order valence-electron chi connectivity index (χ1n) is 6.58. The number of aromatic nitrogens is 2. The molecule has 7 nitrogen and oxygen atoms in total. The minimum atomic E-state index is -3.50. The van der Waals surface area contributed by atoms with Crippen molar-refractivity contribution in [1.82, 2.24) is 14.9 Å². The normalized spacial score (nSPS) is 13.0. The summed E-state index contributed by atoms with van der Waals surface area (Å²) in [6, 6.07) is 4.54. The van der Waals surface area contributed by atoms with Crippen LogP contribution >= 0.6 is 0 Å². The molecule has 21 heavy (non-hydrogen) atoms. The Morgan fingerprint density at radius 2 is 2.19 bits per heavy atom. The average Bonchev–Trinajstić information content (AvgIpc) is 2.95. The number of nitrogens with one attached hydrogen (secondary N) is 3. The minimum Gasteiger partial charge on any atom is -0.397 e. The zero-order chi connectivity index (χ0) is 15.5. The van der Waals surface area contributed by atoms with Gasteiger partial charge < -0.3 is 11.1 Å². The van der Waals surface area contributed by atoms with Crippen molar-refractivity contribution in [2.75, 3.05) is 17.6 Å². The van der Waals surface area contributed by atoms with Crippen molar-refractivity contribution in [2.24, 2.45) is 0 Å². The third-order valence-electron chi connectivity index (χ3n) is 3.06. The second-order valence-corrected chi connectivity index (χ2v) is 6.41. The zero-order valence-corrected chi connectivity index (χ0v) is 12.7. The molecular weight excluding hydrogens is 290 g/mol. The molecule has 0 fully saturated rings. The summed E-state index contributed by atoms with van der Waals surface area (Å²) in [6.45, 7) is 4.01. The second-order valence-electron chi connectivity index (χ2n) is 4.65. The molecule has 2 rings (SSSR count). The standard InChI is InChI=1S/C13H19N5O2S/c1-3-17-21(19,20)11-4-5-12(14)13(6-11)18-9(2)10-7-15-16-8-10/h4-9,17-18H,3,14H2,1-2H3,(H,15,16). The lowest BCUT2D eigenvalue weighted by Crippen LogP contribution is -2.23. The molecule has 0 aliphatic carbocycles. The van der Waals surface area contributed by atoms with Gasteiger partial charge in [-0.05, 0) is 25.1 Å². The van der Waals surface area contributed by atoms with E-state index in [-0.39, 0.29) is 10.9 Å². The van der Waals surface area contributed by atoms with E-state index >= 15 is 0 Å². The van der Waals surface area contributed by atoms with Gasteiger partial charge in [-0.3, -0.25) is 5.10 Å². The van der Waals surface area contributed by atoms with Gasteiger partial charge in [0.05, 0.1) is 28.5 Å². The van der Waals surface area contributed by atoms with E-state index in [1.807, 2.05) is 6.92 Å². The Kier molecular flexibility index (Phi) is 4.49. The Bertz CT molecular complexity index is 697. The molecule has 1 unspecified atom stereocenters. The monoisotopic (exact) mass is 309 g/mol. The largest absolute Gasteiger partial charge is 0.397 e. The quantitative estimate of drug-likeness (QED) is 0.603. The predicted molar refractivity (Wildman–Crippen MR) is 82.3 cm³/mol. The van der Waals surface area contributed by atoms with Crippen molar-refractivity contribution >= 4 is 21.4 Å². The molecule has 0 aliphatic rings. The van der Waals surface area contributed by atoms with Crippen molar-refractivity contribution in [1.29, 1.82) is 0 Å². The van der Waals surface area contributed by atoms with Crippen LogP contribution in [0.4, 0.5) is 11.4 Å². The van der Waals surface area contributed by atoms with Gasteiger partial charge in [0.15, 0.2) is 0 Å². The van der Waals surface area contributed by atoms with Crippen molar-refractivity contribution in [3.63, 3.8) is 0 Å². The summed E-state index contributed by atoms with van der Waals surface area (Å²) in [5, 5.41) is 9.81. The molecule has 5 N–H and O–H groups in total. The van der Waals surface area contributed by atoms with E-state index in [9.17, 15) is 8.42 Å². The Hall–Kier alpha value is -2.06. The average molecular weight is 309 g/mol. The number of nitrogens with zero attached hydrogens (tertiary/aromatic N) is 1. The number of sulfonamides is 1. The highest BCUT2D eigenvalue weighted by atomic mass is 32.2. The van der Waals surface area contributed by atoms with E-state index in [2.05, 4.69) is 20.2 Å². The Balaban J connectivity index is 2.28. The van der Waals surface area contributed by atoms with Gasteiger partial charge in [-0.2, -0.15) is 5.10 Å². The van der Waals surface area contributed by atoms with Gasteiger partial charge in [-0.15, -0.1) is 0 Å². The summed E-state index contributed by atoms with van der Waals surface area (Å²) in [5.41, 5.74) is 7.92. The second kappa shape index (κ2) is 6.15. The van der Waals surface area contributed by atoms with Gasteiger partial charge in [0.25, 0.3) is 0 Å². The number of anilines is 2.